The monoisotopic (exact) mass is 876 g/mol. The number of anilines is 4. The maximum atomic E-state index is 9.34. The molecule has 0 aliphatic carbocycles. The van der Waals surface area contributed by atoms with Gasteiger partial charge in [0.1, 0.15) is 0 Å². The second-order valence-electron chi connectivity index (χ2n) is 7.37. The Hall–Kier alpha value is -1.33. The van der Waals surface area contributed by atoms with Crippen molar-refractivity contribution in [3.8, 4) is 23.0 Å². The van der Waals surface area contributed by atoms with Crippen LogP contribution >= 0.6 is 49.6 Å². The maximum absolute atomic E-state index is 9.34. The molecular weight excluding hydrogens is 850 g/mol. The van der Waals surface area contributed by atoms with E-state index >= 15 is 0 Å². The predicted octanol–water partition coefficient (Wildman–Crippen LogP) is 0.760. The van der Waals surface area contributed by atoms with E-state index in [9.17, 15) is 20.4 Å². The Morgan fingerprint density at radius 2 is 0.525 bits per heavy atom. The third kappa shape index (κ3) is 12.7. The first kappa shape index (κ1) is 40.8. The van der Waals surface area contributed by atoms with Gasteiger partial charge in [-0.2, -0.15) is 0 Å². The van der Waals surface area contributed by atoms with Gasteiger partial charge < -0.3 is 0 Å². The van der Waals surface area contributed by atoms with E-state index in [1.54, 1.807) is 24.3 Å². The average molecular weight is 878 g/mol. The fraction of sp³-hybridized carbons (Fsp3) is 0. The van der Waals surface area contributed by atoms with Gasteiger partial charge >= 0.3 is 232 Å². The molecule has 12 N–H and O–H groups in total. The van der Waals surface area contributed by atoms with Crippen molar-refractivity contribution in [2.24, 2.45) is 0 Å². The summed E-state index contributed by atoms with van der Waals surface area (Å²) in [6.45, 7) is 0. The molecule has 4 aromatic rings. The molecule has 0 saturated carbocycles. The van der Waals surface area contributed by atoms with Gasteiger partial charge in [-0.3, -0.25) is 0 Å². The van der Waals surface area contributed by atoms with Crippen LogP contribution in [0.15, 0.2) is 72.8 Å². The fourth-order valence-corrected chi connectivity index (χ4v) is 16.9. The number of hydrogen-bond donors (Lipinski definition) is 8. The molecule has 0 aliphatic rings. The van der Waals surface area contributed by atoms with Crippen LogP contribution < -0.4 is 40.3 Å². The Balaban J connectivity index is 0. The number of phenols is 4. The molecule has 0 fully saturated rings. The third-order valence-corrected chi connectivity index (χ3v) is 21.5. The van der Waals surface area contributed by atoms with Gasteiger partial charge in [0, 0.05) is 0 Å². The van der Waals surface area contributed by atoms with Crippen molar-refractivity contribution in [1.29, 1.82) is 0 Å². The summed E-state index contributed by atoms with van der Waals surface area (Å²) in [4.78, 5) is 0. The summed E-state index contributed by atoms with van der Waals surface area (Å²) in [6, 6.07) is 21.5. The summed E-state index contributed by atoms with van der Waals surface area (Å²) in [6.07, 6.45) is 0. The Bertz CT molecular complexity index is 1250. The molecule has 0 heterocycles. The van der Waals surface area contributed by atoms with E-state index in [1.807, 2.05) is 48.5 Å². The molecular formula is C24H28As4Cl4N4O4. The standard InChI is InChI=1S/2C12H12As2N2O2.4ClH/c2*15-9-5-7(1-3-11(9)17)13-14-8-2-4-12(18)10(16)6-8;;;;/h2*1-6,17-18H,15-16H2;4*1H. The van der Waals surface area contributed by atoms with Crippen molar-refractivity contribution in [3.63, 3.8) is 0 Å². The summed E-state index contributed by atoms with van der Waals surface area (Å²) in [7, 11) is 0. The van der Waals surface area contributed by atoms with E-state index in [1.165, 1.54) is 17.4 Å². The molecule has 4 aromatic carbocycles. The van der Waals surface area contributed by atoms with Gasteiger partial charge in [-0.1, -0.05) is 0 Å². The molecule has 4 rings (SSSR count). The van der Waals surface area contributed by atoms with Gasteiger partial charge in [-0.25, -0.2) is 0 Å². The number of aromatic hydroxyl groups is 4. The van der Waals surface area contributed by atoms with Crippen LogP contribution in [0.3, 0.4) is 0 Å². The van der Waals surface area contributed by atoms with E-state index in [2.05, 4.69) is 0 Å². The van der Waals surface area contributed by atoms with Crippen molar-refractivity contribution >= 4 is 142 Å². The predicted molar refractivity (Wildman–Crippen MR) is 181 cm³/mol. The number of nitrogen functional groups attached to an aromatic ring is 4. The Kier molecular flexibility index (Phi) is 20.1. The molecule has 0 aliphatic heterocycles. The quantitative estimate of drug-likeness (QED) is 0.0840. The zero-order valence-electron chi connectivity index (χ0n) is 20.4. The number of rotatable bonds is 4. The molecule has 0 aromatic heterocycles. The average Bonchev–Trinajstić information content (AvgIpc) is 2.85. The van der Waals surface area contributed by atoms with Crippen molar-refractivity contribution < 1.29 is 20.4 Å². The molecule has 216 valence electrons. The third-order valence-electron chi connectivity index (χ3n) is 4.61. The zero-order chi connectivity index (χ0) is 26.2. The van der Waals surface area contributed by atoms with Crippen LogP contribution in [0.4, 0.5) is 22.7 Å². The van der Waals surface area contributed by atoms with Crippen LogP contribution in [0, 0.1) is 0 Å². The van der Waals surface area contributed by atoms with Gasteiger partial charge in [-0.15, -0.1) is 49.6 Å². The van der Waals surface area contributed by atoms with Gasteiger partial charge in [0.2, 0.25) is 0 Å². The van der Waals surface area contributed by atoms with Crippen LogP contribution in [-0.2, 0) is 0 Å². The van der Waals surface area contributed by atoms with Crippen molar-refractivity contribution in [1.82, 2.24) is 0 Å². The molecule has 0 saturated heterocycles. The topological polar surface area (TPSA) is 185 Å². The second kappa shape index (κ2) is 19.7. The normalized spacial score (nSPS) is 9.80. The fourth-order valence-electron chi connectivity index (χ4n) is 2.65. The number of halogens is 4. The second-order valence-corrected chi connectivity index (χ2v) is 22.1. The number of nitrogens with two attached hydrogens (primary N) is 4. The Morgan fingerprint density at radius 3 is 0.675 bits per heavy atom. The summed E-state index contributed by atoms with van der Waals surface area (Å²) in [5, 5.41) is 37.4. The minimum atomic E-state index is 0. The molecule has 0 amide bonds. The van der Waals surface area contributed by atoms with Crippen molar-refractivity contribution in [3.05, 3.63) is 72.8 Å². The van der Waals surface area contributed by atoms with E-state index < -0.39 is 0 Å². The van der Waals surface area contributed by atoms with E-state index in [0.717, 1.165) is 0 Å². The molecule has 0 spiro atoms. The summed E-state index contributed by atoms with van der Waals surface area (Å²) in [5.74, 6) is 0.519. The van der Waals surface area contributed by atoms with Crippen molar-refractivity contribution in [2.75, 3.05) is 22.9 Å². The molecule has 16 heteroatoms. The SMILES string of the molecule is Cl.Cl.Cl.Cl.Nc1cc(/[As]=[As]/c2ccc(O)c(N)c2)ccc1O.Nc1cc(/[As]=[As]/c2ccc(O)c(N)c2)ccc1O. The van der Waals surface area contributed by atoms with Crippen LogP contribution in [0.1, 0.15) is 0 Å². The molecule has 0 bridgehead atoms. The van der Waals surface area contributed by atoms with Crippen LogP contribution in [0.2, 0.25) is 0 Å². The van der Waals surface area contributed by atoms with Gasteiger partial charge in [0.15, 0.2) is 0 Å². The molecule has 8 nitrogen and oxygen atoms in total. The Morgan fingerprint density at radius 1 is 0.350 bits per heavy atom. The van der Waals surface area contributed by atoms with Gasteiger partial charge in [0.25, 0.3) is 0 Å². The van der Waals surface area contributed by atoms with E-state index in [-0.39, 0.29) is 125 Å². The first-order valence-corrected chi connectivity index (χ1v) is 24.4. The van der Waals surface area contributed by atoms with Crippen LogP contribution in [-0.4, -0.2) is 73.0 Å². The van der Waals surface area contributed by atoms with E-state index in [0.29, 0.717) is 22.7 Å². The van der Waals surface area contributed by atoms with E-state index in [4.69, 9.17) is 22.9 Å². The first-order valence-electron chi connectivity index (χ1n) is 10.3. The summed E-state index contributed by atoms with van der Waals surface area (Å²) >= 11 is 0.0556. The number of hydrogen-bond acceptors (Lipinski definition) is 8. The summed E-state index contributed by atoms with van der Waals surface area (Å²) in [5.41, 5.74) is 24.3. The molecule has 0 unspecified atom stereocenters. The molecule has 0 radical (unpaired) electrons. The Labute approximate surface area is 278 Å². The minimum absolute atomic E-state index is 0. The molecule has 40 heavy (non-hydrogen) atoms. The van der Waals surface area contributed by atoms with Crippen LogP contribution in [0.5, 0.6) is 23.0 Å². The number of benzene rings is 4. The van der Waals surface area contributed by atoms with Crippen LogP contribution in [0.25, 0.3) is 0 Å². The van der Waals surface area contributed by atoms with Gasteiger partial charge in [0.05, 0.1) is 0 Å². The first-order chi connectivity index (χ1) is 17.1. The zero-order valence-corrected chi connectivity index (χ0v) is 31.2. The van der Waals surface area contributed by atoms with Gasteiger partial charge in [-0.05, 0) is 0 Å². The summed E-state index contributed by atoms with van der Waals surface area (Å²) < 4.78 is 4.75. The molecule has 0 atom stereocenters. The number of phenolic OH excluding ortho intramolecular Hbond substituents is 4. The van der Waals surface area contributed by atoms with Crippen molar-refractivity contribution in [2.45, 2.75) is 0 Å².